The van der Waals surface area contributed by atoms with Gasteiger partial charge in [-0.1, -0.05) is 54.1 Å². The van der Waals surface area contributed by atoms with Crippen LogP contribution in [0.5, 0.6) is 0 Å². The van der Waals surface area contributed by atoms with E-state index < -0.39 is 0 Å². The number of nitrogens with one attached hydrogen (secondary N) is 2. The van der Waals surface area contributed by atoms with Crippen molar-refractivity contribution in [3.8, 4) is 0 Å². The van der Waals surface area contributed by atoms with E-state index >= 15 is 0 Å². The highest BCUT2D eigenvalue weighted by Gasteiger charge is 2.21. The van der Waals surface area contributed by atoms with Crippen molar-refractivity contribution >= 4 is 29.5 Å². The Balaban J connectivity index is 1.71. The average molecular weight is 312 g/mol. The SMILES string of the molecule is O=C1NC(=NCc2ccccc2)N/C1=C\c1ccc(Cl)cc1. The highest BCUT2D eigenvalue weighted by molar-refractivity contribution is 6.30. The Morgan fingerprint density at radius 3 is 2.45 bits per heavy atom. The maximum absolute atomic E-state index is 11.9. The topological polar surface area (TPSA) is 53.5 Å². The zero-order valence-corrected chi connectivity index (χ0v) is 12.5. The van der Waals surface area contributed by atoms with Gasteiger partial charge in [0.1, 0.15) is 5.70 Å². The van der Waals surface area contributed by atoms with Gasteiger partial charge in [-0.15, -0.1) is 0 Å². The third-order valence-electron chi connectivity index (χ3n) is 3.17. The molecule has 0 spiro atoms. The Morgan fingerprint density at radius 1 is 1.00 bits per heavy atom. The highest BCUT2D eigenvalue weighted by atomic mass is 35.5. The first-order valence-corrected chi connectivity index (χ1v) is 7.22. The number of carbonyl (C=O) groups excluding carboxylic acids is 1. The van der Waals surface area contributed by atoms with E-state index in [4.69, 9.17) is 11.6 Å². The fourth-order valence-corrected chi connectivity index (χ4v) is 2.18. The van der Waals surface area contributed by atoms with Crippen LogP contribution in [-0.2, 0) is 11.3 Å². The molecule has 110 valence electrons. The van der Waals surface area contributed by atoms with Gasteiger partial charge in [-0.2, -0.15) is 0 Å². The van der Waals surface area contributed by atoms with E-state index in [1.54, 1.807) is 18.2 Å². The molecular weight excluding hydrogens is 298 g/mol. The van der Waals surface area contributed by atoms with Gasteiger partial charge in [-0.25, -0.2) is 4.99 Å². The molecule has 2 aromatic carbocycles. The number of hydrogen-bond acceptors (Lipinski definition) is 2. The average Bonchev–Trinajstić information content (AvgIpc) is 2.89. The molecule has 1 aliphatic rings. The number of guanidine groups is 1. The summed E-state index contributed by atoms with van der Waals surface area (Å²) in [5.74, 6) is 0.274. The molecule has 0 atom stereocenters. The quantitative estimate of drug-likeness (QED) is 0.856. The summed E-state index contributed by atoms with van der Waals surface area (Å²) in [6.07, 6.45) is 1.76. The lowest BCUT2D eigenvalue weighted by Crippen LogP contribution is -2.25. The van der Waals surface area contributed by atoms with Gasteiger partial charge < -0.3 is 5.32 Å². The van der Waals surface area contributed by atoms with Crippen LogP contribution in [0.4, 0.5) is 0 Å². The van der Waals surface area contributed by atoms with Crippen LogP contribution in [0.15, 0.2) is 65.3 Å². The van der Waals surface area contributed by atoms with Gasteiger partial charge in [0.25, 0.3) is 5.91 Å². The smallest absolute Gasteiger partial charge is 0.274 e. The third kappa shape index (κ3) is 3.54. The zero-order valence-electron chi connectivity index (χ0n) is 11.7. The van der Waals surface area contributed by atoms with Crippen molar-refractivity contribution in [2.75, 3.05) is 0 Å². The summed E-state index contributed by atoms with van der Waals surface area (Å²) in [7, 11) is 0. The molecule has 1 heterocycles. The molecule has 0 radical (unpaired) electrons. The van der Waals surface area contributed by atoms with E-state index in [0.29, 0.717) is 23.2 Å². The van der Waals surface area contributed by atoms with Crippen LogP contribution in [0, 0.1) is 0 Å². The third-order valence-corrected chi connectivity index (χ3v) is 3.43. The van der Waals surface area contributed by atoms with Crippen molar-refractivity contribution in [2.24, 2.45) is 4.99 Å². The van der Waals surface area contributed by atoms with Gasteiger partial charge in [-0.3, -0.25) is 10.1 Å². The van der Waals surface area contributed by atoms with Crippen LogP contribution in [-0.4, -0.2) is 11.9 Å². The largest absolute Gasteiger partial charge is 0.321 e. The number of carbonyl (C=O) groups is 1. The molecule has 0 saturated carbocycles. The Hall–Kier alpha value is -2.59. The van der Waals surface area contributed by atoms with Gasteiger partial charge >= 0.3 is 0 Å². The molecule has 22 heavy (non-hydrogen) atoms. The number of benzene rings is 2. The van der Waals surface area contributed by atoms with Crippen molar-refractivity contribution in [3.05, 3.63) is 76.4 Å². The maximum Gasteiger partial charge on any atom is 0.274 e. The lowest BCUT2D eigenvalue weighted by Gasteiger charge is -1.99. The van der Waals surface area contributed by atoms with E-state index in [9.17, 15) is 4.79 Å². The highest BCUT2D eigenvalue weighted by Crippen LogP contribution is 2.13. The van der Waals surface area contributed by atoms with Gasteiger partial charge in [-0.05, 0) is 29.3 Å². The predicted octanol–water partition coefficient (Wildman–Crippen LogP) is 2.96. The lowest BCUT2D eigenvalue weighted by atomic mass is 10.2. The first-order valence-electron chi connectivity index (χ1n) is 6.85. The lowest BCUT2D eigenvalue weighted by molar-refractivity contribution is -0.115. The molecule has 0 bridgehead atoms. The number of halogens is 1. The van der Waals surface area contributed by atoms with Gasteiger partial charge in [0.2, 0.25) is 5.96 Å². The van der Waals surface area contributed by atoms with Crippen molar-refractivity contribution < 1.29 is 4.79 Å². The van der Waals surface area contributed by atoms with E-state index in [-0.39, 0.29) is 5.91 Å². The number of rotatable bonds is 3. The number of hydrogen-bond donors (Lipinski definition) is 2. The molecule has 0 unspecified atom stereocenters. The Bertz CT molecular complexity index is 736. The molecule has 4 nitrogen and oxygen atoms in total. The van der Waals surface area contributed by atoms with Crippen molar-refractivity contribution in [1.82, 2.24) is 10.6 Å². The van der Waals surface area contributed by atoms with E-state index in [2.05, 4.69) is 15.6 Å². The first-order chi connectivity index (χ1) is 10.7. The monoisotopic (exact) mass is 311 g/mol. The molecule has 2 N–H and O–H groups in total. The summed E-state index contributed by atoms with van der Waals surface area (Å²) in [4.78, 5) is 16.3. The van der Waals surface area contributed by atoms with E-state index in [1.165, 1.54) is 0 Å². The molecular formula is C17H14ClN3O. The van der Waals surface area contributed by atoms with Crippen LogP contribution in [0.25, 0.3) is 6.08 Å². The van der Waals surface area contributed by atoms with E-state index in [1.807, 2.05) is 42.5 Å². The summed E-state index contributed by atoms with van der Waals surface area (Å²) in [6.45, 7) is 0.512. The second kappa shape index (κ2) is 6.45. The summed E-state index contributed by atoms with van der Waals surface area (Å²) in [5.41, 5.74) is 2.45. The summed E-state index contributed by atoms with van der Waals surface area (Å²) in [6, 6.07) is 17.1. The Kier molecular flexibility index (Phi) is 4.21. The summed E-state index contributed by atoms with van der Waals surface area (Å²) < 4.78 is 0. The number of aliphatic imine (C=N–C) groups is 1. The predicted molar refractivity (Wildman–Crippen MR) is 88.3 cm³/mol. The molecule has 0 aliphatic carbocycles. The number of nitrogens with zero attached hydrogens (tertiary/aromatic N) is 1. The minimum absolute atomic E-state index is 0.193. The molecule has 3 rings (SSSR count). The van der Waals surface area contributed by atoms with Crippen LogP contribution in [0.3, 0.4) is 0 Å². The molecule has 1 aliphatic heterocycles. The fourth-order valence-electron chi connectivity index (χ4n) is 2.05. The van der Waals surface area contributed by atoms with E-state index in [0.717, 1.165) is 11.1 Å². The molecule has 0 aromatic heterocycles. The zero-order chi connectivity index (χ0) is 15.4. The standard InChI is InChI=1S/C17H14ClN3O/c18-14-8-6-12(7-9-14)10-15-16(22)21-17(20-15)19-11-13-4-2-1-3-5-13/h1-10H,11H2,(H2,19,20,21,22)/b15-10-. The maximum atomic E-state index is 11.9. The molecule has 1 fully saturated rings. The second-order valence-corrected chi connectivity index (χ2v) is 5.28. The summed E-state index contributed by atoms with van der Waals surface area (Å²) in [5, 5.41) is 6.37. The van der Waals surface area contributed by atoms with Crippen LogP contribution < -0.4 is 10.6 Å². The Morgan fingerprint density at radius 2 is 1.73 bits per heavy atom. The number of amides is 1. The fraction of sp³-hybridized carbons (Fsp3) is 0.0588. The normalized spacial score (nSPS) is 17.6. The minimum Gasteiger partial charge on any atom is -0.321 e. The van der Waals surface area contributed by atoms with Gasteiger partial charge in [0.15, 0.2) is 0 Å². The molecule has 1 saturated heterocycles. The van der Waals surface area contributed by atoms with Gasteiger partial charge in [0.05, 0.1) is 6.54 Å². The summed E-state index contributed by atoms with van der Waals surface area (Å²) >= 11 is 5.84. The molecule has 5 heteroatoms. The van der Waals surface area contributed by atoms with Crippen LogP contribution in [0.2, 0.25) is 5.02 Å². The Labute approximate surface area is 133 Å². The van der Waals surface area contributed by atoms with Crippen molar-refractivity contribution in [1.29, 1.82) is 0 Å². The van der Waals surface area contributed by atoms with Crippen molar-refractivity contribution in [3.63, 3.8) is 0 Å². The van der Waals surface area contributed by atoms with Crippen LogP contribution in [0.1, 0.15) is 11.1 Å². The van der Waals surface area contributed by atoms with Crippen molar-refractivity contribution in [2.45, 2.75) is 6.54 Å². The molecule has 1 amide bonds. The molecule has 2 aromatic rings. The minimum atomic E-state index is -0.193. The van der Waals surface area contributed by atoms with Gasteiger partial charge in [0, 0.05) is 5.02 Å². The first kappa shape index (κ1) is 14.4. The second-order valence-electron chi connectivity index (χ2n) is 4.84. The van der Waals surface area contributed by atoms with Crippen LogP contribution >= 0.6 is 11.6 Å².